The maximum atomic E-state index is 12.8. The average Bonchev–Trinajstić information content (AvgIpc) is 2.08. The molecule has 70 valence electrons. The molecule has 13 heavy (non-hydrogen) atoms. The quantitative estimate of drug-likeness (QED) is 0.496. The van der Waals surface area contributed by atoms with Gasteiger partial charge in [-0.2, -0.15) is 4.39 Å². The van der Waals surface area contributed by atoms with Gasteiger partial charge in [-0.1, -0.05) is 0 Å². The van der Waals surface area contributed by atoms with Crippen LogP contribution >= 0.6 is 0 Å². The Balaban J connectivity index is 2.90. The van der Waals surface area contributed by atoms with Crippen molar-refractivity contribution in [2.45, 2.75) is 0 Å². The van der Waals surface area contributed by atoms with Crippen LogP contribution in [0.25, 0.3) is 0 Å². The van der Waals surface area contributed by atoms with E-state index in [0.717, 1.165) is 12.3 Å². The van der Waals surface area contributed by atoms with Crippen molar-refractivity contribution in [2.75, 3.05) is 7.11 Å². The Kier molecular flexibility index (Phi) is 3.05. The lowest BCUT2D eigenvalue weighted by molar-refractivity contribution is 0.278. The lowest BCUT2D eigenvalue weighted by Crippen LogP contribution is -2.21. The summed E-state index contributed by atoms with van der Waals surface area (Å²) in [5.41, 5.74) is 0. The van der Waals surface area contributed by atoms with Gasteiger partial charge in [-0.15, -0.1) is 0 Å². The fourth-order valence-electron chi connectivity index (χ4n) is 0.718. The lowest BCUT2D eigenvalue weighted by Gasteiger charge is -2.06. The molecule has 0 bridgehead atoms. The highest BCUT2D eigenvalue weighted by atomic mass is 19.1. The minimum atomic E-state index is -2.08. The van der Waals surface area contributed by atoms with Gasteiger partial charge in [-0.25, -0.2) is 4.98 Å². The van der Waals surface area contributed by atoms with Crippen LogP contribution in [-0.4, -0.2) is 29.5 Å². The van der Waals surface area contributed by atoms with Crippen molar-refractivity contribution >= 4 is 7.32 Å². The van der Waals surface area contributed by atoms with Crippen LogP contribution in [0, 0.1) is 5.95 Å². The molecule has 0 atom stereocenters. The molecule has 0 aliphatic carbocycles. The predicted molar refractivity (Wildman–Crippen MR) is 41.6 cm³/mol. The molecule has 0 aliphatic rings. The topological polar surface area (TPSA) is 71.8 Å². The van der Waals surface area contributed by atoms with Crippen LogP contribution in [0.2, 0.25) is 0 Å². The van der Waals surface area contributed by atoms with Crippen LogP contribution in [0.15, 0.2) is 12.3 Å². The van der Waals surface area contributed by atoms with Gasteiger partial charge in [0.25, 0.3) is 5.95 Å². The molecule has 1 aromatic rings. The van der Waals surface area contributed by atoms with Gasteiger partial charge in [0.2, 0.25) is 0 Å². The molecule has 0 fully saturated rings. The summed E-state index contributed by atoms with van der Waals surface area (Å²) in [6.07, 6.45) is 1.14. The number of nitrogens with zero attached hydrogens (tertiary/aromatic N) is 1. The Bertz CT molecular complexity index is 296. The van der Waals surface area contributed by atoms with Gasteiger partial charge in [-0.3, -0.25) is 0 Å². The minimum Gasteiger partial charge on any atom is -0.508 e. The molecule has 0 aliphatic heterocycles. The molecule has 0 saturated heterocycles. The molecule has 2 N–H and O–H groups in total. The third kappa shape index (κ3) is 2.57. The lowest BCUT2D eigenvalue weighted by atomic mass is 10.2. The number of hydrogen-bond donors (Lipinski definition) is 2. The SMILES string of the molecule is COc1cnc(F)c(OB(O)O)c1. The number of pyridine rings is 1. The van der Waals surface area contributed by atoms with Gasteiger partial charge in [-0.05, 0) is 0 Å². The summed E-state index contributed by atoms with van der Waals surface area (Å²) in [5.74, 6) is -1.06. The maximum absolute atomic E-state index is 12.8. The predicted octanol–water partition coefficient (Wildman–Crippen LogP) is -0.422. The Morgan fingerprint density at radius 1 is 1.54 bits per heavy atom. The minimum absolute atomic E-state index is 0.261. The van der Waals surface area contributed by atoms with Crippen LogP contribution in [0.4, 0.5) is 4.39 Å². The first-order chi connectivity index (χ1) is 6.13. The van der Waals surface area contributed by atoms with Crippen LogP contribution < -0.4 is 9.39 Å². The summed E-state index contributed by atoms with van der Waals surface area (Å²) in [4.78, 5) is 3.26. The fourth-order valence-corrected chi connectivity index (χ4v) is 0.718. The first-order valence-electron chi connectivity index (χ1n) is 3.36. The maximum Gasteiger partial charge on any atom is 0.707 e. The highest BCUT2D eigenvalue weighted by Crippen LogP contribution is 2.20. The largest absolute Gasteiger partial charge is 0.707 e. The second kappa shape index (κ2) is 4.06. The van der Waals surface area contributed by atoms with Crippen LogP contribution in [0.3, 0.4) is 0 Å². The number of methoxy groups -OCH3 is 1. The van der Waals surface area contributed by atoms with Gasteiger partial charge in [0, 0.05) is 6.07 Å². The molecule has 0 saturated carbocycles. The number of rotatable bonds is 3. The molecule has 0 unspecified atom stereocenters. The highest BCUT2D eigenvalue weighted by Gasteiger charge is 2.15. The summed E-state index contributed by atoms with van der Waals surface area (Å²) in [6, 6.07) is 1.15. The molecular weight excluding hydrogens is 180 g/mol. The molecule has 0 aromatic carbocycles. The number of ether oxygens (including phenoxy) is 1. The molecule has 1 heterocycles. The van der Waals surface area contributed by atoms with E-state index in [1.54, 1.807) is 0 Å². The van der Waals surface area contributed by atoms with Crippen LogP contribution in [-0.2, 0) is 0 Å². The summed E-state index contributed by atoms with van der Waals surface area (Å²) in [5, 5.41) is 16.8. The number of aromatic nitrogens is 1. The molecular formula is C6H7BFNO4. The van der Waals surface area contributed by atoms with Gasteiger partial charge in [0.05, 0.1) is 13.3 Å². The Morgan fingerprint density at radius 3 is 2.77 bits per heavy atom. The Labute approximate surface area is 73.9 Å². The van der Waals surface area contributed by atoms with E-state index in [-0.39, 0.29) is 11.5 Å². The molecule has 5 nitrogen and oxygen atoms in total. The smallest absolute Gasteiger partial charge is 0.508 e. The fraction of sp³-hybridized carbons (Fsp3) is 0.167. The van der Waals surface area contributed by atoms with Crippen molar-refractivity contribution in [2.24, 2.45) is 0 Å². The molecule has 1 aromatic heterocycles. The zero-order valence-electron chi connectivity index (χ0n) is 6.77. The van der Waals surface area contributed by atoms with E-state index in [2.05, 4.69) is 9.64 Å². The van der Waals surface area contributed by atoms with Crippen molar-refractivity contribution in [3.05, 3.63) is 18.2 Å². The third-order valence-electron chi connectivity index (χ3n) is 1.25. The van der Waals surface area contributed by atoms with E-state index in [9.17, 15) is 4.39 Å². The van der Waals surface area contributed by atoms with Gasteiger partial charge >= 0.3 is 7.32 Å². The van der Waals surface area contributed by atoms with E-state index in [1.807, 2.05) is 0 Å². The van der Waals surface area contributed by atoms with Crippen molar-refractivity contribution in [1.82, 2.24) is 4.98 Å². The third-order valence-corrected chi connectivity index (χ3v) is 1.25. The van der Waals surface area contributed by atoms with Crippen molar-refractivity contribution in [3.63, 3.8) is 0 Å². The Hall–Kier alpha value is -1.34. The van der Waals surface area contributed by atoms with Gasteiger partial charge in [0.1, 0.15) is 5.75 Å². The Morgan fingerprint density at radius 2 is 2.23 bits per heavy atom. The first-order valence-corrected chi connectivity index (χ1v) is 3.36. The van der Waals surface area contributed by atoms with E-state index in [0.29, 0.717) is 0 Å². The van der Waals surface area contributed by atoms with Gasteiger partial charge in [0.15, 0.2) is 5.75 Å². The average molecular weight is 187 g/mol. The van der Waals surface area contributed by atoms with E-state index in [4.69, 9.17) is 14.8 Å². The summed E-state index contributed by atoms with van der Waals surface area (Å²) < 4.78 is 21.8. The van der Waals surface area contributed by atoms with Gasteiger partial charge < -0.3 is 19.4 Å². The second-order valence-corrected chi connectivity index (χ2v) is 2.11. The van der Waals surface area contributed by atoms with Crippen LogP contribution in [0.1, 0.15) is 0 Å². The van der Waals surface area contributed by atoms with E-state index in [1.165, 1.54) is 7.11 Å². The van der Waals surface area contributed by atoms with Crippen molar-refractivity contribution < 1.29 is 23.8 Å². The number of hydrogen-bond acceptors (Lipinski definition) is 5. The van der Waals surface area contributed by atoms with Crippen molar-refractivity contribution in [1.29, 1.82) is 0 Å². The van der Waals surface area contributed by atoms with E-state index >= 15 is 0 Å². The monoisotopic (exact) mass is 187 g/mol. The standard InChI is InChI=1S/C6H7BFNO4/c1-12-4-2-5(13-7(10)11)6(8)9-3-4/h2-3,10-11H,1H3. The zero-order chi connectivity index (χ0) is 9.84. The summed E-state index contributed by atoms with van der Waals surface area (Å²) >= 11 is 0. The molecule has 0 spiro atoms. The van der Waals surface area contributed by atoms with Crippen LogP contribution in [0.5, 0.6) is 11.5 Å². The first kappa shape index (κ1) is 9.75. The summed E-state index contributed by atoms with van der Waals surface area (Å²) in [7, 11) is -0.711. The normalized spacial score (nSPS) is 9.54. The van der Waals surface area contributed by atoms with E-state index < -0.39 is 13.3 Å². The van der Waals surface area contributed by atoms with Crippen molar-refractivity contribution in [3.8, 4) is 11.5 Å². The molecule has 0 amide bonds. The summed E-state index contributed by atoms with van der Waals surface area (Å²) in [6.45, 7) is 0. The zero-order valence-corrected chi connectivity index (χ0v) is 6.77. The highest BCUT2D eigenvalue weighted by molar-refractivity contribution is 6.33. The molecule has 7 heteroatoms. The molecule has 1 rings (SSSR count). The number of halogens is 1. The second-order valence-electron chi connectivity index (χ2n) is 2.11. The molecule has 0 radical (unpaired) electrons.